The molecule has 1 aliphatic heterocycles. The first-order valence-electron chi connectivity index (χ1n) is 8.53. The molecule has 0 radical (unpaired) electrons. The molecule has 134 valence electrons. The minimum atomic E-state index is -0.0959. The van der Waals surface area contributed by atoms with E-state index in [0.717, 1.165) is 13.1 Å². The Balaban J connectivity index is 1.86. The number of amides is 1. The molecule has 0 aromatic carbocycles. The molecule has 2 heterocycles. The van der Waals surface area contributed by atoms with Gasteiger partial charge >= 0.3 is 0 Å². The molecule has 2 rings (SSSR count). The van der Waals surface area contributed by atoms with Crippen molar-refractivity contribution in [2.75, 3.05) is 40.8 Å². The number of aromatic nitrogens is 1. The zero-order valence-electron chi connectivity index (χ0n) is 15.5. The molecule has 24 heavy (non-hydrogen) atoms. The molecule has 0 saturated carbocycles. The van der Waals surface area contributed by atoms with Gasteiger partial charge < -0.3 is 15.0 Å². The Kier molecular flexibility index (Phi) is 6.18. The fourth-order valence-electron chi connectivity index (χ4n) is 3.13. The van der Waals surface area contributed by atoms with Gasteiger partial charge in [-0.25, -0.2) is 4.98 Å². The predicted molar refractivity (Wildman–Crippen MR) is 95.5 cm³/mol. The van der Waals surface area contributed by atoms with Gasteiger partial charge in [0.2, 0.25) is 5.88 Å². The lowest BCUT2D eigenvalue weighted by molar-refractivity contribution is 0.0587. The van der Waals surface area contributed by atoms with Gasteiger partial charge in [-0.15, -0.1) is 0 Å². The summed E-state index contributed by atoms with van der Waals surface area (Å²) in [4.78, 5) is 21.2. The van der Waals surface area contributed by atoms with Crippen LogP contribution in [0.1, 0.15) is 37.0 Å². The van der Waals surface area contributed by atoms with E-state index in [1.165, 1.54) is 12.8 Å². The number of nitrogens with one attached hydrogen (secondary N) is 1. The number of ether oxygens (including phenoxy) is 1. The monoisotopic (exact) mass is 334 g/mol. The summed E-state index contributed by atoms with van der Waals surface area (Å²) in [5, 5.41) is 3.04. The first-order valence-corrected chi connectivity index (χ1v) is 8.53. The molecule has 6 heteroatoms. The van der Waals surface area contributed by atoms with Gasteiger partial charge in [0.1, 0.15) is 0 Å². The van der Waals surface area contributed by atoms with E-state index in [-0.39, 0.29) is 11.4 Å². The smallest absolute Gasteiger partial charge is 0.252 e. The van der Waals surface area contributed by atoms with Crippen molar-refractivity contribution in [2.24, 2.45) is 0 Å². The number of rotatable bonds is 6. The lowest BCUT2D eigenvalue weighted by Crippen LogP contribution is -2.55. The topological polar surface area (TPSA) is 57.7 Å². The van der Waals surface area contributed by atoms with E-state index in [1.54, 1.807) is 25.4 Å². The van der Waals surface area contributed by atoms with Crippen molar-refractivity contribution in [1.29, 1.82) is 0 Å². The van der Waals surface area contributed by atoms with E-state index >= 15 is 0 Å². The first kappa shape index (κ1) is 18.7. The zero-order valence-corrected chi connectivity index (χ0v) is 15.5. The third-order valence-electron chi connectivity index (χ3n) is 4.94. The highest BCUT2D eigenvalue weighted by atomic mass is 16.5. The number of pyridine rings is 1. The highest BCUT2D eigenvalue weighted by Crippen LogP contribution is 2.22. The van der Waals surface area contributed by atoms with Crippen molar-refractivity contribution in [3.63, 3.8) is 0 Å². The van der Waals surface area contributed by atoms with Crippen molar-refractivity contribution < 1.29 is 9.53 Å². The summed E-state index contributed by atoms with van der Waals surface area (Å²) in [6.45, 7) is 7.13. The van der Waals surface area contributed by atoms with Crippen LogP contribution in [-0.2, 0) is 0 Å². The molecule has 1 N–H and O–H groups in total. The van der Waals surface area contributed by atoms with Crippen molar-refractivity contribution in [3.05, 3.63) is 23.9 Å². The van der Waals surface area contributed by atoms with E-state index in [0.29, 0.717) is 24.0 Å². The molecule has 0 unspecified atom stereocenters. The summed E-state index contributed by atoms with van der Waals surface area (Å²) < 4.78 is 5.01. The van der Waals surface area contributed by atoms with Gasteiger partial charge in [-0.3, -0.25) is 9.69 Å². The summed E-state index contributed by atoms with van der Waals surface area (Å²) in [7, 11) is 5.85. The van der Waals surface area contributed by atoms with Crippen LogP contribution in [0.25, 0.3) is 0 Å². The fourth-order valence-corrected chi connectivity index (χ4v) is 3.13. The van der Waals surface area contributed by atoms with Crippen molar-refractivity contribution in [3.8, 4) is 5.88 Å². The maximum absolute atomic E-state index is 12.3. The van der Waals surface area contributed by atoms with Crippen LogP contribution in [0, 0.1) is 0 Å². The summed E-state index contributed by atoms with van der Waals surface area (Å²) in [5.41, 5.74) is 0.491. The molecule has 0 spiro atoms. The molecule has 1 saturated heterocycles. The molecule has 6 nitrogen and oxygen atoms in total. The van der Waals surface area contributed by atoms with Gasteiger partial charge in [0, 0.05) is 43.5 Å². The van der Waals surface area contributed by atoms with Gasteiger partial charge in [-0.2, -0.15) is 0 Å². The molecular formula is C18H30N4O2. The second-order valence-corrected chi connectivity index (χ2v) is 7.27. The van der Waals surface area contributed by atoms with E-state index in [4.69, 9.17) is 4.74 Å². The summed E-state index contributed by atoms with van der Waals surface area (Å²) in [6.07, 6.45) is 3.89. The lowest BCUT2D eigenvalue weighted by atomic mass is 9.95. The normalized spacial score (nSPS) is 17.1. The summed E-state index contributed by atoms with van der Waals surface area (Å²) in [5.74, 6) is 0.414. The highest BCUT2D eigenvalue weighted by molar-refractivity contribution is 5.93. The molecule has 0 bridgehead atoms. The van der Waals surface area contributed by atoms with Crippen molar-refractivity contribution >= 4 is 5.91 Å². The molecule has 1 aromatic heterocycles. The Bertz CT molecular complexity index is 534. The average Bonchev–Trinajstić information content (AvgIpc) is 2.60. The van der Waals surface area contributed by atoms with Crippen LogP contribution in [0.5, 0.6) is 5.88 Å². The van der Waals surface area contributed by atoms with Crippen LogP contribution in [0.2, 0.25) is 0 Å². The maximum atomic E-state index is 12.3. The Hall–Kier alpha value is -1.66. The van der Waals surface area contributed by atoms with E-state index in [9.17, 15) is 4.79 Å². The minimum absolute atomic E-state index is 0.0627. The van der Waals surface area contributed by atoms with Gasteiger partial charge in [0.15, 0.2) is 0 Å². The van der Waals surface area contributed by atoms with Gasteiger partial charge in [-0.1, -0.05) is 0 Å². The number of hydrogen-bond donors (Lipinski definition) is 1. The number of carbonyl (C=O) groups is 1. The Labute approximate surface area is 145 Å². The number of nitrogens with zero attached hydrogens (tertiary/aromatic N) is 3. The number of methoxy groups -OCH3 is 1. The minimum Gasteiger partial charge on any atom is -0.481 e. The lowest BCUT2D eigenvalue weighted by Gasteiger charge is -2.44. The van der Waals surface area contributed by atoms with Crippen LogP contribution in [0.3, 0.4) is 0 Å². The molecule has 1 aliphatic rings. The zero-order chi connectivity index (χ0) is 17.7. The number of piperidine rings is 1. The summed E-state index contributed by atoms with van der Waals surface area (Å²) >= 11 is 0. The quantitative estimate of drug-likeness (QED) is 0.857. The van der Waals surface area contributed by atoms with E-state index in [1.807, 2.05) is 0 Å². The Morgan fingerprint density at radius 2 is 2.04 bits per heavy atom. The summed E-state index contributed by atoms with van der Waals surface area (Å²) in [6, 6.07) is 4.10. The SMILES string of the molecule is COc1ccc(C(=O)NCC(C)(C)N2CCC(N(C)C)CC2)cn1. The van der Waals surface area contributed by atoms with Gasteiger partial charge in [0.05, 0.1) is 12.7 Å². The van der Waals surface area contributed by atoms with Crippen LogP contribution in [-0.4, -0.2) is 73.1 Å². The number of hydrogen-bond acceptors (Lipinski definition) is 5. The first-order chi connectivity index (χ1) is 11.3. The molecule has 1 fully saturated rings. The van der Waals surface area contributed by atoms with Crippen LogP contribution >= 0.6 is 0 Å². The van der Waals surface area contributed by atoms with Gasteiger partial charge in [-0.05, 0) is 46.9 Å². The second-order valence-electron chi connectivity index (χ2n) is 7.27. The molecule has 0 atom stereocenters. The number of likely N-dealkylation sites (tertiary alicyclic amines) is 1. The Morgan fingerprint density at radius 3 is 2.54 bits per heavy atom. The van der Waals surface area contributed by atoms with E-state index in [2.05, 4.69) is 48.0 Å². The number of carbonyl (C=O) groups excluding carboxylic acids is 1. The molecule has 1 aromatic rings. The van der Waals surface area contributed by atoms with Crippen LogP contribution < -0.4 is 10.1 Å². The average molecular weight is 334 g/mol. The van der Waals surface area contributed by atoms with Gasteiger partial charge in [0.25, 0.3) is 5.91 Å². The molecular weight excluding hydrogens is 304 g/mol. The van der Waals surface area contributed by atoms with Crippen molar-refractivity contribution in [1.82, 2.24) is 20.1 Å². The molecule has 1 amide bonds. The largest absolute Gasteiger partial charge is 0.481 e. The van der Waals surface area contributed by atoms with Crippen molar-refractivity contribution in [2.45, 2.75) is 38.3 Å². The predicted octanol–water partition coefficient (Wildman–Crippen LogP) is 1.62. The third-order valence-corrected chi connectivity index (χ3v) is 4.94. The third kappa shape index (κ3) is 4.68. The van der Waals surface area contributed by atoms with E-state index < -0.39 is 0 Å². The second kappa shape index (κ2) is 7.94. The highest BCUT2D eigenvalue weighted by Gasteiger charge is 2.31. The molecule has 0 aliphatic carbocycles. The Morgan fingerprint density at radius 1 is 1.38 bits per heavy atom. The van der Waals surface area contributed by atoms with Crippen LogP contribution in [0.4, 0.5) is 0 Å². The standard InChI is InChI=1S/C18H30N4O2/c1-18(2,22-10-8-15(9-11-22)21(3)4)13-20-17(23)14-6-7-16(24-5)19-12-14/h6-7,12,15H,8-11,13H2,1-5H3,(H,20,23). The van der Waals surface area contributed by atoms with Crippen LogP contribution in [0.15, 0.2) is 18.3 Å². The fraction of sp³-hybridized carbons (Fsp3) is 0.667. The maximum Gasteiger partial charge on any atom is 0.252 e.